The number of carboxylic acids is 2. The van der Waals surface area contributed by atoms with E-state index in [1.807, 2.05) is 0 Å². The third-order valence-corrected chi connectivity index (χ3v) is 10.7. The van der Waals surface area contributed by atoms with E-state index >= 15 is 0 Å². The van der Waals surface area contributed by atoms with Crippen LogP contribution in [0.4, 0.5) is 0 Å². The Balaban J connectivity index is 0.000000408. The maximum Gasteiger partial charge on any atom is 0.414 e. The Morgan fingerprint density at radius 2 is 1.65 bits per heavy atom. The predicted octanol–water partition coefficient (Wildman–Crippen LogP) is 5.13. The maximum atomic E-state index is 9.10. The number of carbonyl (C=O) groups is 2. The number of hydrogen-bond acceptors (Lipinski definition) is 5. The van der Waals surface area contributed by atoms with Crippen molar-refractivity contribution in [3.8, 4) is 0 Å². The Bertz CT molecular complexity index is 966. The summed E-state index contributed by atoms with van der Waals surface area (Å²) in [4.78, 5) is 21.0. The summed E-state index contributed by atoms with van der Waals surface area (Å²) in [5, 5.41) is 15.6. The van der Waals surface area contributed by atoms with Crippen LogP contribution in [0.1, 0.15) is 42.4 Å². The molecule has 0 amide bonds. The lowest BCUT2D eigenvalue weighted by Crippen LogP contribution is -2.38. The molecule has 2 aromatic carbocycles. The van der Waals surface area contributed by atoms with Crippen molar-refractivity contribution in [3.63, 3.8) is 0 Å². The van der Waals surface area contributed by atoms with Crippen LogP contribution in [0.3, 0.4) is 0 Å². The molecule has 0 radical (unpaired) electrons. The topological polar surface area (TPSA) is 77.8 Å². The Hall–Kier alpha value is -1.96. The first-order valence-corrected chi connectivity index (χ1v) is 13.9. The zero-order chi connectivity index (χ0) is 24.0. The van der Waals surface area contributed by atoms with Gasteiger partial charge in [0.15, 0.2) is 0 Å². The van der Waals surface area contributed by atoms with Crippen LogP contribution in [-0.4, -0.2) is 57.7 Å². The van der Waals surface area contributed by atoms with E-state index < -0.39 is 11.9 Å². The summed E-state index contributed by atoms with van der Waals surface area (Å²) < 4.78 is 0.352. The van der Waals surface area contributed by atoms with Gasteiger partial charge in [-0.1, -0.05) is 54.6 Å². The van der Waals surface area contributed by atoms with Gasteiger partial charge in [-0.25, -0.2) is 9.59 Å². The van der Waals surface area contributed by atoms with Crippen molar-refractivity contribution < 1.29 is 19.8 Å². The molecule has 5 rings (SSSR count). The molecule has 0 saturated carbocycles. The van der Waals surface area contributed by atoms with E-state index in [1.54, 1.807) is 11.1 Å². The van der Waals surface area contributed by atoms with E-state index in [0.29, 0.717) is 4.08 Å². The molecule has 7 heteroatoms. The van der Waals surface area contributed by atoms with Gasteiger partial charge in [0.2, 0.25) is 0 Å². The zero-order valence-electron chi connectivity index (χ0n) is 19.4. The Morgan fingerprint density at radius 1 is 0.971 bits per heavy atom. The van der Waals surface area contributed by atoms with Crippen molar-refractivity contribution in [2.75, 3.05) is 25.4 Å². The van der Waals surface area contributed by atoms with Gasteiger partial charge in [0.25, 0.3) is 0 Å². The first kappa shape index (κ1) is 25.1. The average molecular weight is 500 g/mol. The number of carboxylic acid groups (broad SMARTS) is 2. The SMILES string of the molecule is O=C(O)C(=O)O.c1ccc(CC2CCN(C[C@@H]3CS[C@@]4(CCCc5ccccc54)S3)CC2)cc1. The van der Waals surface area contributed by atoms with Gasteiger partial charge in [0, 0.05) is 17.5 Å². The van der Waals surface area contributed by atoms with Gasteiger partial charge in [-0.2, -0.15) is 0 Å². The lowest BCUT2D eigenvalue weighted by atomic mass is 9.90. The molecule has 0 bridgehead atoms. The fourth-order valence-corrected chi connectivity index (χ4v) is 9.27. The van der Waals surface area contributed by atoms with Crippen molar-refractivity contribution in [1.29, 1.82) is 0 Å². The highest BCUT2D eigenvalue weighted by molar-refractivity contribution is 8.21. The van der Waals surface area contributed by atoms with Crippen LogP contribution in [-0.2, 0) is 26.5 Å². The molecule has 3 aliphatic rings. The summed E-state index contributed by atoms with van der Waals surface area (Å²) in [5.74, 6) is -1.45. The minimum atomic E-state index is -1.82. The number of hydrogen-bond donors (Lipinski definition) is 2. The number of likely N-dealkylation sites (tertiary alicyclic amines) is 1. The highest BCUT2D eigenvalue weighted by atomic mass is 32.2. The third-order valence-electron chi connectivity index (χ3n) is 6.96. The van der Waals surface area contributed by atoms with E-state index in [1.165, 1.54) is 69.5 Å². The summed E-state index contributed by atoms with van der Waals surface area (Å²) in [5.41, 5.74) is 4.76. The molecule has 182 valence electrons. The molecule has 1 aliphatic carbocycles. The van der Waals surface area contributed by atoms with Gasteiger partial charge < -0.3 is 15.1 Å². The average Bonchev–Trinajstić information content (AvgIpc) is 3.24. The molecule has 0 aromatic heterocycles. The van der Waals surface area contributed by atoms with Gasteiger partial charge in [-0.15, -0.1) is 23.5 Å². The second-order valence-corrected chi connectivity index (χ2v) is 12.5. The van der Waals surface area contributed by atoms with Crippen LogP contribution < -0.4 is 0 Å². The Labute approximate surface area is 210 Å². The summed E-state index contributed by atoms with van der Waals surface area (Å²) in [6.07, 6.45) is 7.99. The molecule has 1 spiro atoms. The fraction of sp³-hybridized carbons (Fsp3) is 0.481. The first-order valence-electron chi connectivity index (χ1n) is 12.1. The van der Waals surface area contributed by atoms with Crippen LogP contribution in [0.5, 0.6) is 0 Å². The summed E-state index contributed by atoms with van der Waals surface area (Å²) in [6.45, 7) is 3.88. The van der Waals surface area contributed by atoms with Crippen molar-refractivity contribution in [1.82, 2.24) is 4.90 Å². The van der Waals surface area contributed by atoms with Gasteiger partial charge in [-0.05, 0) is 74.2 Å². The minimum absolute atomic E-state index is 0.352. The molecule has 2 aromatic rings. The van der Waals surface area contributed by atoms with Crippen molar-refractivity contribution in [2.24, 2.45) is 5.92 Å². The Kier molecular flexibility index (Phi) is 8.61. The number of aliphatic carboxylic acids is 2. The van der Waals surface area contributed by atoms with E-state index in [2.05, 4.69) is 83.0 Å². The number of thioether (sulfide) groups is 2. The number of aryl methyl sites for hydroxylation is 1. The second kappa shape index (κ2) is 11.6. The zero-order valence-corrected chi connectivity index (χ0v) is 21.0. The van der Waals surface area contributed by atoms with Crippen molar-refractivity contribution in [2.45, 2.75) is 47.9 Å². The van der Waals surface area contributed by atoms with E-state index in [4.69, 9.17) is 19.8 Å². The highest BCUT2D eigenvalue weighted by Gasteiger charge is 2.45. The van der Waals surface area contributed by atoms with Gasteiger partial charge in [0.05, 0.1) is 4.08 Å². The highest BCUT2D eigenvalue weighted by Crippen LogP contribution is 2.60. The largest absolute Gasteiger partial charge is 0.473 e. The summed E-state index contributed by atoms with van der Waals surface area (Å²) in [6, 6.07) is 20.3. The summed E-state index contributed by atoms with van der Waals surface area (Å²) in [7, 11) is 0. The van der Waals surface area contributed by atoms with Gasteiger partial charge >= 0.3 is 11.9 Å². The van der Waals surface area contributed by atoms with Gasteiger partial charge in [-0.3, -0.25) is 0 Å². The number of benzene rings is 2. The second-order valence-electron chi connectivity index (χ2n) is 9.36. The molecule has 2 aliphatic heterocycles. The molecule has 0 unspecified atom stereocenters. The molecule has 2 heterocycles. The molecule has 2 saturated heterocycles. The number of nitrogens with zero attached hydrogens (tertiary/aromatic N) is 1. The lowest BCUT2D eigenvalue weighted by Gasteiger charge is -2.36. The van der Waals surface area contributed by atoms with E-state index in [-0.39, 0.29) is 0 Å². The maximum absolute atomic E-state index is 9.10. The first-order chi connectivity index (χ1) is 16.4. The van der Waals surface area contributed by atoms with Crippen LogP contribution in [0, 0.1) is 5.92 Å². The monoisotopic (exact) mass is 499 g/mol. The van der Waals surface area contributed by atoms with E-state index in [9.17, 15) is 0 Å². The lowest BCUT2D eigenvalue weighted by molar-refractivity contribution is -0.159. The van der Waals surface area contributed by atoms with Crippen LogP contribution in [0.25, 0.3) is 0 Å². The molecule has 5 nitrogen and oxygen atoms in total. The molecular formula is C27H33NO4S2. The predicted molar refractivity (Wildman–Crippen MR) is 139 cm³/mol. The standard InChI is InChI=1S/C25H31NS2.C2H2O4/c1-2-7-20(8-3-1)17-21-12-15-26(16-13-21)18-23-19-27-25(28-23)14-6-10-22-9-4-5-11-24(22)25;3-1(4)2(5)6/h1-5,7-9,11,21,23H,6,10,12-19H2;(H,3,4)(H,5,6)/t23-,25+;/m1./s1. The number of rotatable bonds is 4. The minimum Gasteiger partial charge on any atom is -0.473 e. The fourth-order valence-electron chi connectivity index (χ4n) is 5.29. The van der Waals surface area contributed by atoms with Crippen molar-refractivity contribution >= 4 is 35.5 Å². The number of piperidine rings is 1. The van der Waals surface area contributed by atoms with E-state index in [0.717, 1.165) is 11.2 Å². The van der Waals surface area contributed by atoms with Crippen LogP contribution in [0.2, 0.25) is 0 Å². The summed E-state index contributed by atoms with van der Waals surface area (Å²) >= 11 is 4.54. The molecule has 2 fully saturated rings. The number of fused-ring (bicyclic) bond motifs is 2. The molecular weight excluding hydrogens is 466 g/mol. The Morgan fingerprint density at radius 3 is 2.35 bits per heavy atom. The molecule has 34 heavy (non-hydrogen) atoms. The molecule has 2 atom stereocenters. The quantitative estimate of drug-likeness (QED) is 0.565. The van der Waals surface area contributed by atoms with Gasteiger partial charge in [0.1, 0.15) is 0 Å². The van der Waals surface area contributed by atoms with Crippen molar-refractivity contribution in [3.05, 3.63) is 71.3 Å². The smallest absolute Gasteiger partial charge is 0.414 e. The molecule has 2 N–H and O–H groups in total. The van der Waals surface area contributed by atoms with Crippen LogP contribution in [0.15, 0.2) is 54.6 Å². The third kappa shape index (κ3) is 6.37. The van der Waals surface area contributed by atoms with Crippen LogP contribution >= 0.6 is 23.5 Å². The normalized spacial score (nSPS) is 24.8.